The molecule has 0 bridgehead atoms. The van der Waals surface area contributed by atoms with Crippen LogP contribution in [0.15, 0.2) is 147 Å². The number of benzene rings is 4. The zero-order valence-corrected chi connectivity index (χ0v) is 29.0. The Labute approximate surface area is 284 Å². The number of halogens is 3. The van der Waals surface area contributed by atoms with Crippen molar-refractivity contribution in [2.24, 2.45) is 0 Å². The molecular formula is C36H30BBr3N2O2. The topological polar surface area (TPSA) is 66.2 Å². The number of hydrogen-bond donors (Lipinski definition) is 2. The van der Waals surface area contributed by atoms with Gasteiger partial charge in [-0.25, -0.2) is 4.98 Å². The van der Waals surface area contributed by atoms with Crippen LogP contribution in [-0.2, 0) is 0 Å². The number of aryl methyl sites for hydroxylation is 2. The molecule has 2 heterocycles. The van der Waals surface area contributed by atoms with E-state index < -0.39 is 7.12 Å². The van der Waals surface area contributed by atoms with Gasteiger partial charge in [-0.1, -0.05) is 103 Å². The summed E-state index contributed by atoms with van der Waals surface area (Å²) in [7, 11) is -1.41. The quantitative estimate of drug-likeness (QED) is 0.139. The standard InChI is InChI=1S/C18H14BrN.C12H11BO2.C6H5Br2N/c1-13-10-18(20-12-17(13)19)16-9-5-8-15(11-16)14-6-3-2-4-7-14;14-13(15)12-8-4-7-11(9-12)10-5-2-1-3-6-10;1-4-2-6(8)9-3-5(4)7/h2-12H,1H3;1-9,14-15H;2-3H,1H3. The maximum Gasteiger partial charge on any atom is 0.488 e. The van der Waals surface area contributed by atoms with Crippen molar-refractivity contribution in [2.75, 3.05) is 0 Å². The Kier molecular flexibility index (Phi) is 12.6. The summed E-state index contributed by atoms with van der Waals surface area (Å²) in [6.45, 7) is 4.10. The molecule has 6 aromatic rings. The zero-order valence-electron chi connectivity index (χ0n) is 24.2. The van der Waals surface area contributed by atoms with Gasteiger partial charge < -0.3 is 10.0 Å². The lowest BCUT2D eigenvalue weighted by Crippen LogP contribution is -2.29. The smallest absolute Gasteiger partial charge is 0.423 e. The van der Waals surface area contributed by atoms with E-state index in [2.05, 4.69) is 119 Å². The van der Waals surface area contributed by atoms with Crippen LogP contribution in [-0.4, -0.2) is 27.1 Å². The largest absolute Gasteiger partial charge is 0.488 e. The molecule has 6 rings (SSSR count). The van der Waals surface area contributed by atoms with Gasteiger partial charge >= 0.3 is 7.12 Å². The monoisotopic (exact) mass is 770 g/mol. The molecule has 0 atom stereocenters. The molecule has 0 fully saturated rings. The molecular weight excluding hydrogens is 743 g/mol. The first-order valence-corrected chi connectivity index (χ1v) is 16.2. The highest BCUT2D eigenvalue weighted by atomic mass is 79.9. The molecule has 0 unspecified atom stereocenters. The average molecular weight is 773 g/mol. The van der Waals surface area contributed by atoms with Gasteiger partial charge in [-0.3, -0.25) is 4.98 Å². The van der Waals surface area contributed by atoms with Crippen molar-refractivity contribution in [3.63, 3.8) is 0 Å². The second-order valence-electron chi connectivity index (χ2n) is 9.89. The summed E-state index contributed by atoms with van der Waals surface area (Å²) in [5.41, 5.74) is 9.54. The molecule has 4 nitrogen and oxygen atoms in total. The van der Waals surface area contributed by atoms with Gasteiger partial charge in [0.05, 0.1) is 5.69 Å². The highest BCUT2D eigenvalue weighted by Crippen LogP contribution is 2.27. The van der Waals surface area contributed by atoms with E-state index in [0.29, 0.717) is 5.46 Å². The third-order valence-electron chi connectivity index (χ3n) is 6.62. The zero-order chi connectivity index (χ0) is 31.5. The van der Waals surface area contributed by atoms with Crippen LogP contribution >= 0.6 is 47.8 Å². The van der Waals surface area contributed by atoms with E-state index in [1.807, 2.05) is 67.7 Å². The molecule has 44 heavy (non-hydrogen) atoms. The predicted octanol–water partition coefficient (Wildman–Crippen LogP) is 9.43. The Balaban J connectivity index is 0.000000162. The fraction of sp³-hybridized carbons (Fsp3) is 0.0556. The number of pyridine rings is 2. The van der Waals surface area contributed by atoms with Crippen molar-refractivity contribution < 1.29 is 10.0 Å². The minimum atomic E-state index is -1.41. The summed E-state index contributed by atoms with van der Waals surface area (Å²) in [6, 6.07) is 40.0. The van der Waals surface area contributed by atoms with Crippen molar-refractivity contribution in [1.82, 2.24) is 9.97 Å². The lowest BCUT2D eigenvalue weighted by molar-refractivity contribution is 0.426. The van der Waals surface area contributed by atoms with Crippen molar-refractivity contribution in [3.05, 3.63) is 158 Å². The predicted molar refractivity (Wildman–Crippen MR) is 194 cm³/mol. The third kappa shape index (κ3) is 9.81. The van der Waals surface area contributed by atoms with Gasteiger partial charge in [0.1, 0.15) is 4.60 Å². The number of nitrogens with zero attached hydrogens (tertiary/aromatic N) is 2. The molecule has 220 valence electrons. The second kappa shape index (κ2) is 16.6. The van der Waals surface area contributed by atoms with E-state index in [4.69, 9.17) is 10.0 Å². The van der Waals surface area contributed by atoms with Crippen molar-refractivity contribution in [2.45, 2.75) is 13.8 Å². The number of rotatable bonds is 4. The van der Waals surface area contributed by atoms with E-state index >= 15 is 0 Å². The highest BCUT2D eigenvalue weighted by molar-refractivity contribution is 9.11. The van der Waals surface area contributed by atoms with Crippen LogP contribution < -0.4 is 5.46 Å². The van der Waals surface area contributed by atoms with E-state index in [1.165, 1.54) is 22.3 Å². The maximum absolute atomic E-state index is 9.05. The van der Waals surface area contributed by atoms with Crippen LogP contribution in [0.4, 0.5) is 0 Å². The van der Waals surface area contributed by atoms with Crippen molar-refractivity contribution in [1.29, 1.82) is 0 Å². The van der Waals surface area contributed by atoms with Gasteiger partial charge in [-0.2, -0.15) is 0 Å². The fourth-order valence-corrected chi connectivity index (χ4v) is 5.08. The molecule has 0 saturated carbocycles. The average Bonchev–Trinajstić information content (AvgIpc) is 3.06. The molecule has 0 spiro atoms. The molecule has 0 saturated heterocycles. The van der Waals surface area contributed by atoms with E-state index in [0.717, 1.165) is 35.9 Å². The fourth-order valence-electron chi connectivity index (χ4n) is 4.20. The minimum absolute atomic E-state index is 0.511. The van der Waals surface area contributed by atoms with Gasteiger partial charge in [-0.05, 0) is 119 Å². The first-order valence-electron chi connectivity index (χ1n) is 13.8. The Morgan fingerprint density at radius 3 is 1.50 bits per heavy atom. The Morgan fingerprint density at radius 2 is 0.977 bits per heavy atom. The molecule has 4 aromatic carbocycles. The van der Waals surface area contributed by atoms with Crippen molar-refractivity contribution in [3.8, 4) is 33.5 Å². The molecule has 0 radical (unpaired) electrons. The van der Waals surface area contributed by atoms with Crippen molar-refractivity contribution >= 4 is 60.4 Å². The van der Waals surface area contributed by atoms with E-state index in [-0.39, 0.29) is 0 Å². The van der Waals surface area contributed by atoms with E-state index in [1.54, 1.807) is 18.3 Å². The van der Waals surface area contributed by atoms with Crippen LogP contribution in [0.25, 0.3) is 33.5 Å². The number of aromatic nitrogens is 2. The highest BCUT2D eigenvalue weighted by Gasteiger charge is 2.11. The number of hydrogen-bond acceptors (Lipinski definition) is 4. The van der Waals surface area contributed by atoms with Crippen LogP contribution in [0.2, 0.25) is 0 Å². The maximum atomic E-state index is 9.05. The normalized spacial score (nSPS) is 10.2. The summed E-state index contributed by atoms with van der Waals surface area (Å²) >= 11 is 10.1. The van der Waals surface area contributed by atoms with Gasteiger partial charge in [0.25, 0.3) is 0 Å². The minimum Gasteiger partial charge on any atom is -0.423 e. The Morgan fingerprint density at radius 1 is 0.500 bits per heavy atom. The molecule has 0 aliphatic rings. The summed E-state index contributed by atoms with van der Waals surface area (Å²) in [5, 5.41) is 18.1. The van der Waals surface area contributed by atoms with Crippen LogP contribution in [0.1, 0.15) is 11.1 Å². The van der Waals surface area contributed by atoms with Gasteiger partial charge in [0, 0.05) is 26.9 Å². The second-order valence-corrected chi connectivity index (χ2v) is 12.4. The lowest BCUT2D eigenvalue weighted by Gasteiger charge is -2.07. The molecule has 0 amide bonds. The first kappa shape index (κ1) is 33.5. The molecule has 0 aliphatic carbocycles. The molecule has 2 N–H and O–H groups in total. The van der Waals surface area contributed by atoms with Gasteiger partial charge in [0.2, 0.25) is 0 Å². The molecule has 0 aliphatic heterocycles. The first-order chi connectivity index (χ1) is 21.2. The Hall–Kier alpha value is -3.40. The molecule has 8 heteroatoms. The van der Waals surface area contributed by atoms with Crippen LogP contribution in [0, 0.1) is 13.8 Å². The van der Waals surface area contributed by atoms with Gasteiger partial charge in [0.15, 0.2) is 0 Å². The van der Waals surface area contributed by atoms with Crippen LogP contribution in [0.5, 0.6) is 0 Å². The SMILES string of the molecule is Cc1cc(-c2cccc(-c3ccccc3)c2)ncc1Br.Cc1cc(Br)ncc1Br.OB(O)c1cccc(-c2ccccc2)c1. The summed E-state index contributed by atoms with van der Waals surface area (Å²) in [4.78, 5) is 8.51. The lowest BCUT2D eigenvalue weighted by atomic mass is 9.79. The summed E-state index contributed by atoms with van der Waals surface area (Å²) in [5.74, 6) is 0. The summed E-state index contributed by atoms with van der Waals surface area (Å²) < 4.78 is 2.97. The Bertz CT molecular complexity index is 1800. The third-order valence-corrected chi connectivity index (χ3v) is 8.71. The van der Waals surface area contributed by atoms with Crippen LogP contribution in [0.3, 0.4) is 0 Å². The van der Waals surface area contributed by atoms with E-state index in [9.17, 15) is 0 Å². The summed E-state index contributed by atoms with van der Waals surface area (Å²) in [6.07, 6.45) is 3.64. The van der Waals surface area contributed by atoms with Gasteiger partial charge in [-0.15, -0.1) is 0 Å². The molecule has 2 aromatic heterocycles.